The van der Waals surface area contributed by atoms with Gasteiger partial charge in [-0.25, -0.2) is 9.37 Å². The zero-order chi connectivity index (χ0) is 13.8. The van der Waals surface area contributed by atoms with Gasteiger partial charge in [0.2, 0.25) is 0 Å². The minimum atomic E-state index is -0.265. The molecule has 5 heteroatoms. The summed E-state index contributed by atoms with van der Waals surface area (Å²) in [7, 11) is 0. The van der Waals surface area contributed by atoms with Gasteiger partial charge in [0.1, 0.15) is 29.5 Å². The Balaban J connectivity index is 1.65. The van der Waals surface area contributed by atoms with E-state index in [9.17, 15) is 4.39 Å². The summed E-state index contributed by atoms with van der Waals surface area (Å²) >= 11 is 1.37. The Labute approximate surface area is 119 Å². The van der Waals surface area contributed by atoms with Crippen LogP contribution in [0.4, 0.5) is 4.39 Å². The molecular weight excluding hydrogens is 275 g/mol. The Kier molecular flexibility index (Phi) is 3.69. The normalized spacial score (nSPS) is 10.4. The first-order valence-corrected chi connectivity index (χ1v) is 6.83. The summed E-state index contributed by atoms with van der Waals surface area (Å²) in [5.74, 6) is 0.387. The number of rotatable bonds is 4. The zero-order valence-electron chi connectivity index (χ0n) is 10.5. The maximum absolute atomic E-state index is 12.8. The Bertz CT molecular complexity index is 666. The predicted molar refractivity (Wildman–Crippen MR) is 76.1 cm³/mol. The molecule has 0 aliphatic carbocycles. The largest absolute Gasteiger partial charge is 0.489 e. The lowest BCUT2D eigenvalue weighted by atomic mass is 10.1. The lowest BCUT2D eigenvalue weighted by molar-refractivity contribution is 0.306. The van der Waals surface area contributed by atoms with Crippen LogP contribution in [-0.2, 0) is 6.61 Å². The summed E-state index contributed by atoms with van der Waals surface area (Å²) in [6, 6.07) is 14.0. The van der Waals surface area contributed by atoms with Crippen molar-refractivity contribution in [3.8, 4) is 16.3 Å². The van der Waals surface area contributed by atoms with Crippen molar-refractivity contribution in [3.63, 3.8) is 0 Å². The number of hydrogen-bond donors (Lipinski definition) is 0. The van der Waals surface area contributed by atoms with Crippen LogP contribution in [0, 0.1) is 5.82 Å². The number of ether oxygens (including phenoxy) is 1. The summed E-state index contributed by atoms with van der Waals surface area (Å²) in [4.78, 5) is 4.16. The number of benzene rings is 2. The fraction of sp³-hybridized carbons (Fsp3) is 0.0667. The number of nitrogens with zero attached hydrogens (tertiary/aromatic N) is 2. The van der Waals surface area contributed by atoms with E-state index in [0.29, 0.717) is 12.4 Å². The fourth-order valence-electron chi connectivity index (χ4n) is 1.74. The second-order valence-electron chi connectivity index (χ2n) is 4.19. The Hall–Kier alpha value is -2.27. The van der Waals surface area contributed by atoms with Crippen molar-refractivity contribution < 1.29 is 9.13 Å². The molecule has 0 amide bonds. The van der Waals surface area contributed by atoms with Gasteiger partial charge in [-0.05, 0) is 41.4 Å². The van der Waals surface area contributed by atoms with Crippen LogP contribution in [-0.4, -0.2) is 9.36 Å². The molecule has 0 saturated carbocycles. The van der Waals surface area contributed by atoms with Crippen LogP contribution in [0.25, 0.3) is 10.6 Å². The molecule has 3 nitrogen and oxygen atoms in total. The van der Waals surface area contributed by atoms with Gasteiger partial charge in [0.05, 0.1) is 0 Å². The quantitative estimate of drug-likeness (QED) is 0.729. The van der Waals surface area contributed by atoms with Gasteiger partial charge in [-0.1, -0.05) is 24.3 Å². The lowest BCUT2D eigenvalue weighted by Gasteiger charge is -2.06. The number of hydrogen-bond acceptors (Lipinski definition) is 4. The first-order valence-electron chi connectivity index (χ1n) is 6.05. The minimum absolute atomic E-state index is 0.265. The standard InChI is InChI=1S/C15H11FN2OS/c16-13-5-7-14(8-6-13)19-9-11-1-3-12(4-2-11)15-17-10-18-20-15/h1-8,10H,9H2. The van der Waals surface area contributed by atoms with Crippen LogP contribution < -0.4 is 4.74 Å². The molecule has 0 aliphatic rings. The molecule has 1 aromatic heterocycles. The third kappa shape index (κ3) is 3.00. The van der Waals surface area contributed by atoms with Gasteiger partial charge in [-0.3, -0.25) is 0 Å². The molecule has 20 heavy (non-hydrogen) atoms. The molecule has 0 unspecified atom stereocenters. The van der Waals surface area contributed by atoms with Gasteiger partial charge in [0, 0.05) is 5.56 Å². The van der Waals surface area contributed by atoms with E-state index >= 15 is 0 Å². The first-order chi connectivity index (χ1) is 9.81. The van der Waals surface area contributed by atoms with E-state index in [1.807, 2.05) is 24.3 Å². The van der Waals surface area contributed by atoms with Crippen LogP contribution in [0.15, 0.2) is 54.9 Å². The van der Waals surface area contributed by atoms with E-state index < -0.39 is 0 Å². The van der Waals surface area contributed by atoms with Gasteiger partial charge < -0.3 is 4.74 Å². The molecule has 0 spiro atoms. The van der Waals surface area contributed by atoms with Crippen LogP contribution in [0.1, 0.15) is 5.56 Å². The van der Waals surface area contributed by atoms with Gasteiger partial charge in [-0.2, -0.15) is 4.37 Å². The SMILES string of the molecule is Fc1ccc(OCc2ccc(-c3ncns3)cc2)cc1. The van der Waals surface area contributed by atoms with E-state index in [2.05, 4.69) is 9.36 Å². The molecule has 0 fully saturated rings. The van der Waals surface area contributed by atoms with Crippen molar-refractivity contribution in [2.45, 2.75) is 6.61 Å². The van der Waals surface area contributed by atoms with Crippen molar-refractivity contribution in [2.24, 2.45) is 0 Å². The molecule has 100 valence electrons. The lowest BCUT2D eigenvalue weighted by Crippen LogP contribution is -1.95. The molecule has 2 aromatic carbocycles. The van der Waals surface area contributed by atoms with Crippen LogP contribution >= 0.6 is 11.5 Å². The Morgan fingerprint density at radius 3 is 2.40 bits per heavy atom. The monoisotopic (exact) mass is 286 g/mol. The molecule has 3 rings (SSSR count). The van der Waals surface area contributed by atoms with E-state index in [0.717, 1.165) is 16.1 Å². The number of halogens is 1. The van der Waals surface area contributed by atoms with E-state index in [1.54, 1.807) is 18.5 Å². The highest BCUT2D eigenvalue weighted by Crippen LogP contribution is 2.21. The summed E-state index contributed by atoms with van der Waals surface area (Å²) < 4.78 is 22.3. The Morgan fingerprint density at radius 1 is 1.00 bits per heavy atom. The minimum Gasteiger partial charge on any atom is -0.489 e. The second-order valence-corrected chi connectivity index (χ2v) is 4.97. The molecule has 0 radical (unpaired) electrons. The highest BCUT2D eigenvalue weighted by Gasteiger charge is 2.02. The van der Waals surface area contributed by atoms with Crippen LogP contribution in [0.3, 0.4) is 0 Å². The number of aromatic nitrogens is 2. The maximum atomic E-state index is 12.8. The summed E-state index contributed by atoms with van der Waals surface area (Å²) in [5.41, 5.74) is 2.08. The Morgan fingerprint density at radius 2 is 1.75 bits per heavy atom. The average Bonchev–Trinajstić information content (AvgIpc) is 3.01. The molecule has 0 N–H and O–H groups in total. The predicted octanol–water partition coefficient (Wildman–Crippen LogP) is 3.92. The smallest absolute Gasteiger partial charge is 0.143 e. The van der Waals surface area contributed by atoms with Gasteiger partial charge in [-0.15, -0.1) is 0 Å². The second kappa shape index (κ2) is 5.79. The first kappa shape index (κ1) is 12.7. The van der Waals surface area contributed by atoms with Crippen molar-refractivity contribution in [1.29, 1.82) is 0 Å². The molecule has 0 saturated heterocycles. The highest BCUT2D eigenvalue weighted by molar-refractivity contribution is 7.09. The highest BCUT2D eigenvalue weighted by atomic mass is 32.1. The summed E-state index contributed by atoms with van der Waals surface area (Å²) in [6.07, 6.45) is 1.55. The molecule has 1 heterocycles. The van der Waals surface area contributed by atoms with Crippen molar-refractivity contribution in [3.05, 3.63) is 66.2 Å². The maximum Gasteiger partial charge on any atom is 0.143 e. The summed E-state index contributed by atoms with van der Waals surface area (Å²) in [6.45, 7) is 0.446. The van der Waals surface area contributed by atoms with Gasteiger partial charge in [0.25, 0.3) is 0 Å². The topological polar surface area (TPSA) is 35.0 Å². The summed E-state index contributed by atoms with van der Waals surface area (Å²) in [5, 5.41) is 0.899. The third-order valence-electron chi connectivity index (χ3n) is 2.78. The van der Waals surface area contributed by atoms with Gasteiger partial charge in [0.15, 0.2) is 0 Å². The average molecular weight is 286 g/mol. The molecule has 0 aliphatic heterocycles. The zero-order valence-corrected chi connectivity index (χ0v) is 11.3. The van der Waals surface area contributed by atoms with E-state index in [-0.39, 0.29) is 5.82 Å². The molecule has 0 atom stereocenters. The van der Waals surface area contributed by atoms with Crippen LogP contribution in [0.2, 0.25) is 0 Å². The third-order valence-corrected chi connectivity index (χ3v) is 3.50. The molecule has 3 aromatic rings. The van der Waals surface area contributed by atoms with Crippen LogP contribution in [0.5, 0.6) is 5.75 Å². The van der Waals surface area contributed by atoms with Gasteiger partial charge >= 0.3 is 0 Å². The van der Waals surface area contributed by atoms with Crippen molar-refractivity contribution in [2.75, 3.05) is 0 Å². The fourth-order valence-corrected chi connectivity index (χ4v) is 2.27. The van der Waals surface area contributed by atoms with E-state index in [4.69, 9.17) is 4.74 Å². The molecular formula is C15H11FN2OS. The molecule has 0 bridgehead atoms. The van der Waals surface area contributed by atoms with E-state index in [1.165, 1.54) is 23.7 Å². The van der Waals surface area contributed by atoms with Crippen molar-refractivity contribution >= 4 is 11.5 Å². The van der Waals surface area contributed by atoms with Crippen molar-refractivity contribution in [1.82, 2.24) is 9.36 Å².